The molecule has 1 aliphatic heterocycles. The number of ether oxygens (including phenoxy) is 1. The minimum Gasteiger partial charge on any atom is -0.462 e. The molecule has 162 valence electrons. The number of benzene rings is 3. The predicted octanol–water partition coefficient (Wildman–Crippen LogP) is 4.31. The maximum absolute atomic E-state index is 12.7. The summed E-state index contributed by atoms with van der Waals surface area (Å²) in [5, 5.41) is 9.47. The molecule has 1 amide bonds. The zero-order valence-corrected chi connectivity index (χ0v) is 17.9. The number of nitrogens with zero attached hydrogens (tertiary/aromatic N) is 2. The summed E-state index contributed by atoms with van der Waals surface area (Å²) < 4.78 is 4.98. The molecule has 1 atom stereocenters. The molecule has 0 fully saturated rings. The van der Waals surface area contributed by atoms with Crippen molar-refractivity contribution < 1.29 is 14.3 Å². The molecule has 0 aliphatic carbocycles. The Kier molecular flexibility index (Phi) is 6.60. The quantitative estimate of drug-likeness (QED) is 0.571. The lowest BCUT2D eigenvalue weighted by atomic mass is 9.91. The molecule has 0 aromatic heterocycles. The second-order valence-electron chi connectivity index (χ2n) is 7.51. The van der Waals surface area contributed by atoms with E-state index >= 15 is 0 Å². The van der Waals surface area contributed by atoms with Gasteiger partial charge >= 0.3 is 5.97 Å². The fourth-order valence-corrected chi connectivity index (χ4v) is 3.75. The van der Waals surface area contributed by atoms with E-state index in [1.807, 2.05) is 53.5 Å². The second kappa shape index (κ2) is 9.92. The first-order valence-electron chi connectivity index (χ1n) is 10.6. The summed E-state index contributed by atoms with van der Waals surface area (Å²) in [5.74, 6) is -0.453. The van der Waals surface area contributed by atoms with E-state index < -0.39 is 0 Å². The summed E-state index contributed by atoms with van der Waals surface area (Å²) in [5.41, 5.74) is 4.26. The van der Waals surface area contributed by atoms with E-state index in [4.69, 9.17) is 9.84 Å². The zero-order valence-electron chi connectivity index (χ0n) is 17.9. The zero-order chi connectivity index (χ0) is 22.3. The Morgan fingerprint density at radius 3 is 2.28 bits per heavy atom. The number of carbonyl (C=O) groups is 2. The first kappa shape index (κ1) is 21.3. The SMILES string of the molecule is CCOC(=O)c1ccc(NC(=O)CN2CC(c3ccccc3)C(c3ccccc3)=N2)cc1. The van der Waals surface area contributed by atoms with Crippen molar-refractivity contribution in [3.63, 3.8) is 0 Å². The molecule has 6 nitrogen and oxygen atoms in total. The molecule has 0 saturated carbocycles. The summed E-state index contributed by atoms with van der Waals surface area (Å²) in [6, 6.07) is 27.0. The predicted molar refractivity (Wildman–Crippen MR) is 125 cm³/mol. The molecule has 1 aliphatic rings. The summed E-state index contributed by atoms with van der Waals surface area (Å²) in [6.07, 6.45) is 0. The third-order valence-corrected chi connectivity index (χ3v) is 5.25. The highest BCUT2D eigenvalue weighted by atomic mass is 16.5. The van der Waals surface area contributed by atoms with Crippen molar-refractivity contribution in [2.24, 2.45) is 5.10 Å². The van der Waals surface area contributed by atoms with Crippen LogP contribution in [0.4, 0.5) is 5.69 Å². The number of esters is 1. The Bertz CT molecular complexity index is 1100. The van der Waals surface area contributed by atoms with Gasteiger partial charge in [-0.15, -0.1) is 0 Å². The van der Waals surface area contributed by atoms with E-state index in [0.717, 1.165) is 11.3 Å². The Labute approximate surface area is 187 Å². The van der Waals surface area contributed by atoms with Crippen molar-refractivity contribution in [2.75, 3.05) is 25.0 Å². The minimum absolute atomic E-state index is 0.0928. The van der Waals surface area contributed by atoms with Crippen LogP contribution in [0.2, 0.25) is 0 Å². The van der Waals surface area contributed by atoms with Crippen molar-refractivity contribution in [1.29, 1.82) is 0 Å². The third-order valence-electron chi connectivity index (χ3n) is 5.25. The molecule has 6 heteroatoms. The summed E-state index contributed by atoms with van der Waals surface area (Å²) in [6.45, 7) is 2.85. The van der Waals surface area contributed by atoms with Crippen molar-refractivity contribution in [1.82, 2.24) is 5.01 Å². The molecular weight excluding hydrogens is 402 g/mol. The van der Waals surface area contributed by atoms with Gasteiger partial charge in [-0.25, -0.2) is 4.79 Å². The molecule has 32 heavy (non-hydrogen) atoms. The molecule has 3 aromatic carbocycles. The molecule has 1 heterocycles. The second-order valence-corrected chi connectivity index (χ2v) is 7.51. The number of amides is 1. The smallest absolute Gasteiger partial charge is 0.338 e. The summed E-state index contributed by atoms with van der Waals surface area (Å²) in [4.78, 5) is 24.4. The van der Waals surface area contributed by atoms with Gasteiger partial charge in [0, 0.05) is 18.2 Å². The summed E-state index contributed by atoms with van der Waals surface area (Å²) >= 11 is 0. The highest BCUT2D eigenvalue weighted by molar-refractivity contribution is 6.06. The third kappa shape index (κ3) is 5.03. The largest absolute Gasteiger partial charge is 0.462 e. The lowest BCUT2D eigenvalue weighted by Crippen LogP contribution is -2.29. The van der Waals surface area contributed by atoms with Crippen molar-refractivity contribution in [2.45, 2.75) is 12.8 Å². The van der Waals surface area contributed by atoms with Crippen LogP contribution >= 0.6 is 0 Å². The maximum atomic E-state index is 12.7. The lowest BCUT2D eigenvalue weighted by molar-refractivity contribution is -0.117. The molecule has 0 bridgehead atoms. The first-order chi connectivity index (χ1) is 15.6. The van der Waals surface area contributed by atoms with Gasteiger partial charge in [-0.2, -0.15) is 5.10 Å². The number of hydrazone groups is 1. The van der Waals surface area contributed by atoms with Crippen LogP contribution in [0.15, 0.2) is 90.0 Å². The monoisotopic (exact) mass is 427 g/mol. The number of hydrogen-bond acceptors (Lipinski definition) is 5. The number of hydrogen-bond donors (Lipinski definition) is 1. The van der Waals surface area contributed by atoms with Gasteiger partial charge in [0.05, 0.1) is 17.9 Å². The average Bonchev–Trinajstić information content (AvgIpc) is 3.24. The molecule has 1 N–H and O–H groups in total. The van der Waals surface area contributed by atoms with Gasteiger partial charge in [0.1, 0.15) is 6.54 Å². The van der Waals surface area contributed by atoms with E-state index in [0.29, 0.717) is 24.4 Å². The molecule has 0 spiro atoms. The average molecular weight is 428 g/mol. The molecule has 4 rings (SSSR count). The fourth-order valence-electron chi connectivity index (χ4n) is 3.75. The van der Waals surface area contributed by atoms with Gasteiger partial charge in [0.15, 0.2) is 0 Å². The highest BCUT2D eigenvalue weighted by Gasteiger charge is 2.29. The van der Waals surface area contributed by atoms with Crippen molar-refractivity contribution >= 4 is 23.3 Å². The van der Waals surface area contributed by atoms with Crippen LogP contribution in [-0.4, -0.2) is 42.3 Å². The van der Waals surface area contributed by atoms with Crippen LogP contribution in [0.5, 0.6) is 0 Å². The van der Waals surface area contributed by atoms with Gasteiger partial charge in [0.25, 0.3) is 0 Å². The normalized spacial score (nSPS) is 15.2. The van der Waals surface area contributed by atoms with E-state index in [9.17, 15) is 9.59 Å². The van der Waals surface area contributed by atoms with Gasteiger partial charge in [-0.3, -0.25) is 9.80 Å². The van der Waals surface area contributed by atoms with Crippen molar-refractivity contribution in [3.05, 3.63) is 102 Å². The van der Waals surface area contributed by atoms with Gasteiger partial charge in [0.2, 0.25) is 5.91 Å². The molecule has 0 saturated heterocycles. The minimum atomic E-state index is -0.378. The first-order valence-corrected chi connectivity index (χ1v) is 10.6. The number of anilines is 1. The van der Waals surface area contributed by atoms with Gasteiger partial charge in [-0.1, -0.05) is 60.7 Å². The number of carbonyl (C=O) groups excluding carboxylic acids is 2. The van der Waals surface area contributed by atoms with E-state index in [2.05, 4.69) is 17.4 Å². The maximum Gasteiger partial charge on any atom is 0.338 e. The highest BCUT2D eigenvalue weighted by Crippen LogP contribution is 2.28. The summed E-state index contributed by atoms with van der Waals surface area (Å²) in [7, 11) is 0. The van der Waals surface area contributed by atoms with Crippen LogP contribution < -0.4 is 5.32 Å². The van der Waals surface area contributed by atoms with Crippen LogP contribution in [0.3, 0.4) is 0 Å². The molecule has 3 aromatic rings. The number of nitrogens with one attached hydrogen (secondary N) is 1. The van der Waals surface area contributed by atoms with Gasteiger partial charge in [-0.05, 0) is 42.3 Å². The van der Waals surface area contributed by atoms with Gasteiger partial charge < -0.3 is 10.1 Å². The van der Waals surface area contributed by atoms with E-state index in [-0.39, 0.29) is 24.3 Å². The fraction of sp³-hybridized carbons (Fsp3) is 0.192. The Balaban J connectivity index is 1.45. The van der Waals surface area contributed by atoms with Crippen LogP contribution in [0, 0.1) is 0 Å². The molecule has 0 radical (unpaired) electrons. The van der Waals surface area contributed by atoms with Crippen LogP contribution in [0.25, 0.3) is 0 Å². The molecular formula is C26H25N3O3. The van der Waals surface area contributed by atoms with E-state index in [1.165, 1.54) is 5.56 Å². The Morgan fingerprint density at radius 1 is 0.969 bits per heavy atom. The Morgan fingerprint density at radius 2 is 1.62 bits per heavy atom. The lowest BCUT2D eigenvalue weighted by Gasteiger charge is -2.16. The standard InChI is InChI=1S/C26H25N3O3/c1-2-32-26(31)21-13-15-22(16-14-21)27-24(30)18-29-17-23(19-9-5-3-6-10-19)25(28-29)20-11-7-4-8-12-20/h3-16,23H,2,17-18H2,1H3,(H,27,30). The van der Waals surface area contributed by atoms with Crippen LogP contribution in [-0.2, 0) is 9.53 Å². The Hall–Kier alpha value is -3.93. The number of rotatable bonds is 7. The van der Waals surface area contributed by atoms with Crippen molar-refractivity contribution in [3.8, 4) is 0 Å². The van der Waals surface area contributed by atoms with E-state index in [1.54, 1.807) is 31.2 Å². The topological polar surface area (TPSA) is 71.0 Å². The van der Waals surface area contributed by atoms with Crippen LogP contribution in [0.1, 0.15) is 34.3 Å². The molecule has 1 unspecified atom stereocenters.